The lowest BCUT2D eigenvalue weighted by atomic mass is 9.95. The third kappa shape index (κ3) is 4.19. The fourth-order valence-electron chi connectivity index (χ4n) is 3.93. The van der Waals surface area contributed by atoms with Crippen LogP contribution in [0, 0.1) is 0 Å². The Labute approximate surface area is 182 Å². The lowest BCUT2D eigenvalue weighted by Crippen LogP contribution is -2.33. The average Bonchev–Trinajstić information content (AvgIpc) is 3.15. The first-order valence-electron chi connectivity index (χ1n) is 10.1. The van der Waals surface area contributed by atoms with Gasteiger partial charge in [-0.3, -0.25) is 14.0 Å². The van der Waals surface area contributed by atoms with Gasteiger partial charge in [0.05, 0.1) is 6.20 Å². The van der Waals surface area contributed by atoms with Crippen molar-refractivity contribution in [2.75, 3.05) is 5.32 Å². The van der Waals surface area contributed by atoms with Crippen LogP contribution in [-0.2, 0) is 18.2 Å². The van der Waals surface area contributed by atoms with Crippen LogP contribution in [0.4, 0.5) is 5.95 Å². The van der Waals surface area contributed by atoms with E-state index in [-0.39, 0.29) is 27.9 Å². The summed E-state index contributed by atoms with van der Waals surface area (Å²) in [6.45, 7) is 3.85. The zero-order valence-electron chi connectivity index (χ0n) is 17.2. The summed E-state index contributed by atoms with van der Waals surface area (Å²) in [7, 11) is 1.83. The molecule has 160 valence electrons. The Morgan fingerprint density at radius 1 is 1.27 bits per heavy atom. The largest absolute Gasteiger partial charge is 0.611 e. The third-order valence-electron chi connectivity index (χ3n) is 5.47. The van der Waals surface area contributed by atoms with E-state index in [4.69, 9.17) is 11.6 Å². The Hall–Kier alpha value is -2.10. The number of nitrogens with one attached hydrogen (secondary N) is 1. The molecule has 3 heterocycles. The van der Waals surface area contributed by atoms with E-state index in [1.807, 2.05) is 27.1 Å². The van der Waals surface area contributed by atoms with Gasteiger partial charge in [-0.1, -0.05) is 11.6 Å². The normalized spacial score (nSPS) is 20.6. The number of halogens is 1. The molecule has 0 aromatic carbocycles. The van der Waals surface area contributed by atoms with Gasteiger partial charge in [0, 0.05) is 30.7 Å². The van der Waals surface area contributed by atoms with Gasteiger partial charge in [-0.15, -0.1) is 0 Å². The topological polar surface area (TPSA) is 101 Å². The highest BCUT2D eigenvalue weighted by Crippen LogP contribution is 2.30. The van der Waals surface area contributed by atoms with Crippen LogP contribution < -0.4 is 10.9 Å². The highest BCUT2D eigenvalue weighted by molar-refractivity contribution is 7.92. The lowest BCUT2D eigenvalue weighted by molar-refractivity contribution is 0.450. The summed E-state index contributed by atoms with van der Waals surface area (Å²) in [5.41, 5.74) is 0.325. The Bertz CT molecular complexity index is 1110. The predicted molar refractivity (Wildman–Crippen MR) is 118 cm³/mol. The van der Waals surface area contributed by atoms with Gasteiger partial charge in [-0.05, 0) is 56.8 Å². The second-order valence-electron chi connectivity index (χ2n) is 8.00. The van der Waals surface area contributed by atoms with Crippen molar-refractivity contribution in [2.45, 2.75) is 61.8 Å². The molecule has 0 saturated heterocycles. The van der Waals surface area contributed by atoms with Gasteiger partial charge in [0.2, 0.25) is 5.95 Å². The number of pyridine rings is 1. The molecular formula is C20H25ClN6O2S. The van der Waals surface area contributed by atoms with Crippen LogP contribution in [0.2, 0.25) is 5.02 Å². The van der Waals surface area contributed by atoms with E-state index in [9.17, 15) is 9.35 Å². The van der Waals surface area contributed by atoms with Crippen molar-refractivity contribution >= 4 is 39.8 Å². The maximum atomic E-state index is 12.8. The monoisotopic (exact) mass is 448 g/mol. The molecule has 0 spiro atoms. The van der Waals surface area contributed by atoms with Gasteiger partial charge in [-0.2, -0.15) is 10.1 Å². The first-order chi connectivity index (χ1) is 14.3. The SMILES string of the molecule is CC(C)n1c(=O)c(Cl)cc2cnc(N[C@H]3CC[C@@H]([S+]([O-])c4cnn(C)c4)CC3)nc21. The third-order valence-corrected chi connectivity index (χ3v) is 7.49. The summed E-state index contributed by atoms with van der Waals surface area (Å²) >= 11 is 5.05. The number of aromatic nitrogens is 5. The number of hydrogen-bond donors (Lipinski definition) is 1. The molecule has 1 N–H and O–H groups in total. The second kappa shape index (κ2) is 8.56. The van der Waals surface area contributed by atoms with Crippen LogP contribution in [0.5, 0.6) is 0 Å². The molecular weight excluding hydrogens is 424 g/mol. The average molecular weight is 449 g/mol. The van der Waals surface area contributed by atoms with E-state index < -0.39 is 11.2 Å². The highest BCUT2D eigenvalue weighted by Gasteiger charge is 2.31. The van der Waals surface area contributed by atoms with Crippen LogP contribution in [0.3, 0.4) is 0 Å². The van der Waals surface area contributed by atoms with Crippen LogP contribution in [0.1, 0.15) is 45.6 Å². The summed E-state index contributed by atoms with van der Waals surface area (Å²) in [6, 6.07) is 1.75. The molecule has 1 aliphatic carbocycles. The standard InChI is InChI=1S/C20H25ClN6O2S/c1-12(2)27-18-13(8-17(21)19(27)28)9-22-20(25-18)24-14-4-6-15(7-5-14)30(29)16-10-23-26(3)11-16/h8-12,14-15H,4-7H2,1-3H3,(H,22,24,25)/t14-,15+,30?. The van der Waals surface area contributed by atoms with E-state index in [2.05, 4.69) is 20.4 Å². The molecule has 0 bridgehead atoms. The molecule has 0 aliphatic heterocycles. The van der Waals surface area contributed by atoms with Gasteiger partial charge in [0.15, 0.2) is 4.90 Å². The molecule has 3 aromatic rings. The summed E-state index contributed by atoms with van der Waals surface area (Å²) < 4.78 is 16.0. The van der Waals surface area contributed by atoms with Crippen molar-refractivity contribution < 1.29 is 4.55 Å². The summed E-state index contributed by atoms with van der Waals surface area (Å²) in [6.07, 6.45) is 8.69. The van der Waals surface area contributed by atoms with Gasteiger partial charge in [-0.25, -0.2) is 4.98 Å². The zero-order valence-corrected chi connectivity index (χ0v) is 18.8. The first-order valence-corrected chi connectivity index (χ1v) is 11.7. The van der Waals surface area contributed by atoms with Gasteiger partial charge < -0.3 is 9.87 Å². The molecule has 4 rings (SSSR count). The predicted octanol–water partition coefficient (Wildman–Crippen LogP) is 3.29. The van der Waals surface area contributed by atoms with Crippen molar-refractivity contribution in [2.24, 2.45) is 7.05 Å². The van der Waals surface area contributed by atoms with Crippen LogP contribution in [0.15, 0.2) is 34.3 Å². The van der Waals surface area contributed by atoms with Gasteiger partial charge in [0.1, 0.15) is 22.1 Å². The maximum Gasteiger partial charge on any atom is 0.271 e. The Balaban J connectivity index is 1.47. The molecule has 8 nitrogen and oxygen atoms in total. The number of fused-ring (bicyclic) bond motifs is 1. The van der Waals surface area contributed by atoms with E-state index in [0.717, 1.165) is 36.0 Å². The molecule has 1 aliphatic rings. The molecule has 3 aromatic heterocycles. The smallest absolute Gasteiger partial charge is 0.271 e. The second-order valence-corrected chi connectivity index (χ2v) is 10.1. The lowest BCUT2D eigenvalue weighted by Gasteiger charge is -2.29. The maximum absolute atomic E-state index is 12.8. The van der Waals surface area contributed by atoms with Gasteiger partial charge >= 0.3 is 0 Å². The summed E-state index contributed by atoms with van der Waals surface area (Å²) in [5, 5.41) is 8.55. The van der Waals surface area contributed by atoms with Crippen molar-refractivity contribution in [1.29, 1.82) is 0 Å². The molecule has 1 fully saturated rings. The number of rotatable bonds is 5. The number of nitrogens with zero attached hydrogens (tertiary/aromatic N) is 5. The van der Waals surface area contributed by atoms with Crippen molar-refractivity contribution in [3.63, 3.8) is 0 Å². The molecule has 1 saturated carbocycles. The van der Waals surface area contributed by atoms with E-state index in [1.54, 1.807) is 27.7 Å². The molecule has 1 atom stereocenters. The number of hydrogen-bond acceptors (Lipinski definition) is 6. The van der Waals surface area contributed by atoms with Crippen molar-refractivity contribution in [3.8, 4) is 0 Å². The fourth-order valence-corrected chi connectivity index (χ4v) is 5.64. The number of anilines is 1. The Morgan fingerprint density at radius 3 is 2.63 bits per heavy atom. The molecule has 1 unspecified atom stereocenters. The minimum Gasteiger partial charge on any atom is -0.611 e. The highest BCUT2D eigenvalue weighted by atomic mass is 35.5. The van der Waals surface area contributed by atoms with Crippen molar-refractivity contribution in [3.05, 3.63) is 40.0 Å². The Kier molecular flexibility index (Phi) is 6.04. The van der Waals surface area contributed by atoms with E-state index >= 15 is 0 Å². The number of aryl methyl sites for hydroxylation is 1. The Morgan fingerprint density at radius 2 is 2.00 bits per heavy atom. The zero-order chi connectivity index (χ0) is 21.4. The van der Waals surface area contributed by atoms with E-state index in [1.165, 1.54) is 0 Å². The van der Waals surface area contributed by atoms with Crippen LogP contribution in [0.25, 0.3) is 11.0 Å². The quantitative estimate of drug-likeness (QED) is 0.601. The van der Waals surface area contributed by atoms with Crippen LogP contribution in [-0.4, -0.2) is 40.2 Å². The molecule has 30 heavy (non-hydrogen) atoms. The minimum atomic E-state index is -1.04. The van der Waals surface area contributed by atoms with E-state index in [0.29, 0.717) is 11.6 Å². The minimum absolute atomic E-state index is 0.0701. The molecule has 0 radical (unpaired) electrons. The molecule has 10 heteroatoms. The van der Waals surface area contributed by atoms with Gasteiger partial charge in [0.25, 0.3) is 5.56 Å². The fraction of sp³-hybridized carbons (Fsp3) is 0.500. The summed E-state index contributed by atoms with van der Waals surface area (Å²) in [4.78, 5) is 22.3. The first kappa shape index (κ1) is 21.1. The van der Waals surface area contributed by atoms with Crippen LogP contribution >= 0.6 is 11.6 Å². The summed E-state index contributed by atoms with van der Waals surface area (Å²) in [5.74, 6) is 0.496. The van der Waals surface area contributed by atoms with Crippen molar-refractivity contribution in [1.82, 2.24) is 24.3 Å². The molecule has 0 amide bonds.